The molecule has 5 aliphatic rings. The largest absolute Gasteiger partial charge is 0.495 e. The maximum Gasteiger partial charge on any atom is 0.342 e. The minimum Gasteiger partial charge on any atom is -0.495 e. The SMILES string of the molecule is COc1cc(C(=O)NC2CCN(C(=O)CCN3CCN(c4cccc5c4CN(C4CCC(=O)NC4=O)C5=O)CC3)CC2)ccc1Nc1ncc2c(n1)N(C(C)C)CC(F)(F)C(=O)N2C. The third-order valence-electron chi connectivity index (χ3n) is 12.8. The van der Waals surface area contributed by atoms with Crippen molar-refractivity contribution >= 4 is 64.3 Å². The number of aromatic nitrogens is 2. The number of methoxy groups -OCH3 is 1. The quantitative estimate of drug-likeness (QED) is 0.239. The first kappa shape index (κ1) is 44.2. The molecule has 0 aliphatic carbocycles. The summed E-state index contributed by atoms with van der Waals surface area (Å²) in [6, 6.07) is 9.32. The van der Waals surface area contributed by atoms with E-state index < -0.39 is 36.4 Å². The lowest BCUT2D eigenvalue weighted by Crippen LogP contribution is -2.52. The monoisotopic (exact) mass is 885 g/mol. The number of hydrogen-bond acceptors (Lipinski definition) is 13. The summed E-state index contributed by atoms with van der Waals surface area (Å²) >= 11 is 0. The molecule has 64 heavy (non-hydrogen) atoms. The van der Waals surface area contributed by atoms with Crippen molar-refractivity contribution < 1.29 is 42.3 Å². The fraction of sp³-hybridized carbons (Fsp3) is 0.500. The number of piperidine rings is 2. The summed E-state index contributed by atoms with van der Waals surface area (Å²) in [5, 5.41) is 8.50. The number of piperazine rings is 1. The molecule has 2 aromatic carbocycles. The van der Waals surface area contributed by atoms with E-state index in [0.717, 1.165) is 42.3 Å². The summed E-state index contributed by atoms with van der Waals surface area (Å²) in [6.07, 6.45) is 3.43. The Kier molecular flexibility index (Phi) is 12.4. The zero-order chi connectivity index (χ0) is 45.4. The van der Waals surface area contributed by atoms with Gasteiger partial charge in [0.2, 0.25) is 23.7 Å². The van der Waals surface area contributed by atoms with Crippen LogP contribution in [0.25, 0.3) is 0 Å². The molecule has 0 spiro atoms. The smallest absolute Gasteiger partial charge is 0.342 e. The van der Waals surface area contributed by atoms with E-state index in [9.17, 15) is 37.5 Å². The van der Waals surface area contributed by atoms with Gasteiger partial charge in [-0.25, -0.2) is 4.98 Å². The fourth-order valence-corrected chi connectivity index (χ4v) is 9.10. The number of carbonyl (C=O) groups excluding carboxylic acids is 6. The van der Waals surface area contributed by atoms with Crippen molar-refractivity contribution in [1.82, 2.24) is 35.3 Å². The molecule has 6 amide bonds. The molecule has 8 rings (SSSR count). The zero-order valence-electron chi connectivity index (χ0n) is 36.4. The maximum atomic E-state index is 14.8. The van der Waals surface area contributed by atoms with Crippen LogP contribution in [-0.4, -0.2) is 151 Å². The van der Waals surface area contributed by atoms with Crippen LogP contribution in [0.3, 0.4) is 0 Å². The molecule has 3 N–H and O–H groups in total. The number of amides is 6. The van der Waals surface area contributed by atoms with Crippen LogP contribution in [0.4, 0.5) is 37.6 Å². The average molecular weight is 886 g/mol. The van der Waals surface area contributed by atoms with Crippen molar-refractivity contribution in [1.29, 1.82) is 0 Å². The first-order valence-electron chi connectivity index (χ1n) is 21.7. The van der Waals surface area contributed by atoms with Crippen LogP contribution in [0, 0.1) is 0 Å². The topological polar surface area (TPSA) is 193 Å². The van der Waals surface area contributed by atoms with Gasteiger partial charge in [-0.05, 0) is 63.4 Å². The standard InChI is InChI=1S/C44H53F2N11O7/c1-26(2)57-25-44(45,46)42(63)52(3)34-23-47-43(51-38(34)57)49-31-9-8-27(22-35(31)64-4)39(60)48-28-12-16-55(17-13-28)37(59)14-15-53-18-20-54(21-19-53)32-7-5-6-29-30(32)24-56(41(29)62)33-10-11-36(58)50-40(33)61/h5-9,22-23,26,28,33H,10-21,24-25H2,1-4H3,(H,48,60)(H,47,49,51)(H,50,58,61). The summed E-state index contributed by atoms with van der Waals surface area (Å²) < 4.78 is 35.1. The first-order valence-corrected chi connectivity index (χ1v) is 21.7. The Labute approximate surface area is 369 Å². The van der Waals surface area contributed by atoms with Crippen LogP contribution in [0.5, 0.6) is 5.75 Å². The van der Waals surface area contributed by atoms with Gasteiger partial charge in [0.05, 0.1) is 25.5 Å². The Hall–Kier alpha value is -6.44. The van der Waals surface area contributed by atoms with Crippen LogP contribution in [-0.2, 0) is 25.7 Å². The molecule has 3 fully saturated rings. The van der Waals surface area contributed by atoms with E-state index in [4.69, 9.17) is 4.74 Å². The molecular weight excluding hydrogens is 833 g/mol. The molecule has 340 valence electrons. The van der Waals surface area contributed by atoms with E-state index >= 15 is 0 Å². The molecule has 0 radical (unpaired) electrons. The second-order valence-corrected chi connectivity index (χ2v) is 17.1. The lowest BCUT2D eigenvalue weighted by atomic mass is 10.0. The lowest BCUT2D eigenvalue weighted by Gasteiger charge is -2.37. The van der Waals surface area contributed by atoms with Crippen LogP contribution >= 0.6 is 0 Å². The molecule has 3 saturated heterocycles. The number of alkyl halides is 2. The number of ether oxygens (including phenoxy) is 1. The number of fused-ring (bicyclic) bond motifs is 2. The van der Waals surface area contributed by atoms with Gasteiger partial charge < -0.3 is 39.9 Å². The highest BCUT2D eigenvalue weighted by Gasteiger charge is 2.48. The van der Waals surface area contributed by atoms with Gasteiger partial charge in [0.25, 0.3) is 17.7 Å². The summed E-state index contributed by atoms with van der Waals surface area (Å²) in [7, 11) is 2.72. The highest BCUT2D eigenvalue weighted by Crippen LogP contribution is 2.38. The number of rotatable bonds is 11. The van der Waals surface area contributed by atoms with Crippen molar-refractivity contribution in [3.63, 3.8) is 0 Å². The third-order valence-corrected chi connectivity index (χ3v) is 12.8. The molecular formula is C44H53F2N11O7. The second kappa shape index (κ2) is 18.0. The molecule has 1 unspecified atom stereocenters. The van der Waals surface area contributed by atoms with Crippen molar-refractivity contribution in [2.24, 2.45) is 0 Å². The highest BCUT2D eigenvalue weighted by atomic mass is 19.3. The summed E-state index contributed by atoms with van der Waals surface area (Å²) in [5.41, 5.74) is 3.40. The van der Waals surface area contributed by atoms with Crippen molar-refractivity contribution in [3.8, 4) is 5.75 Å². The van der Waals surface area contributed by atoms with E-state index in [1.54, 1.807) is 43.0 Å². The molecule has 3 aromatic rings. The van der Waals surface area contributed by atoms with Gasteiger partial charge in [-0.15, -0.1) is 0 Å². The molecule has 6 heterocycles. The van der Waals surface area contributed by atoms with Crippen LogP contribution in [0.1, 0.15) is 72.2 Å². The molecule has 20 heteroatoms. The molecule has 1 atom stereocenters. The minimum atomic E-state index is -3.62. The number of imide groups is 1. The number of benzene rings is 2. The summed E-state index contributed by atoms with van der Waals surface area (Å²) in [4.78, 5) is 95.7. The average Bonchev–Trinajstić information content (AvgIpc) is 3.59. The Bertz CT molecular complexity index is 2350. The van der Waals surface area contributed by atoms with E-state index in [-0.39, 0.29) is 53.5 Å². The normalized spacial score (nSPS) is 20.5. The summed E-state index contributed by atoms with van der Waals surface area (Å²) in [5.74, 6) is -5.54. The maximum absolute atomic E-state index is 14.8. The van der Waals surface area contributed by atoms with E-state index in [1.807, 2.05) is 17.0 Å². The second-order valence-electron chi connectivity index (χ2n) is 17.1. The number of nitrogens with one attached hydrogen (secondary N) is 3. The number of anilines is 5. The highest BCUT2D eigenvalue weighted by molar-refractivity contribution is 6.06. The van der Waals surface area contributed by atoms with Gasteiger partial charge in [0, 0.05) is 107 Å². The van der Waals surface area contributed by atoms with E-state index in [2.05, 4.69) is 35.7 Å². The minimum absolute atomic E-state index is 0.0711. The number of hydrogen-bond donors (Lipinski definition) is 3. The molecule has 0 bridgehead atoms. The van der Waals surface area contributed by atoms with Crippen LogP contribution in [0.2, 0.25) is 0 Å². The molecule has 5 aliphatic heterocycles. The number of likely N-dealkylation sites (tertiary alicyclic amines) is 1. The number of halogens is 2. The Morgan fingerprint density at radius 1 is 0.984 bits per heavy atom. The predicted octanol–water partition coefficient (Wildman–Crippen LogP) is 2.75. The molecule has 0 saturated carbocycles. The third kappa shape index (κ3) is 8.87. The number of carbonyl (C=O) groups is 6. The summed E-state index contributed by atoms with van der Waals surface area (Å²) in [6.45, 7) is 7.57. The van der Waals surface area contributed by atoms with Gasteiger partial charge in [-0.1, -0.05) is 6.07 Å². The van der Waals surface area contributed by atoms with Gasteiger partial charge in [0.15, 0.2) is 5.82 Å². The zero-order valence-corrected chi connectivity index (χ0v) is 36.4. The van der Waals surface area contributed by atoms with Gasteiger partial charge in [-0.2, -0.15) is 13.8 Å². The van der Waals surface area contributed by atoms with E-state index in [1.165, 1.54) is 25.3 Å². The Morgan fingerprint density at radius 2 is 1.73 bits per heavy atom. The van der Waals surface area contributed by atoms with Gasteiger partial charge in [-0.3, -0.25) is 39.0 Å². The lowest BCUT2D eigenvalue weighted by molar-refractivity contribution is -0.140. The van der Waals surface area contributed by atoms with Crippen molar-refractivity contribution in [2.45, 2.75) is 76.5 Å². The number of nitrogens with zero attached hydrogens (tertiary/aromatic N) is 8. The Morgan fingerprint density at radius 3 is 2.44 bits per heavy atom. The predicted molar refractivity (Wildman–Crippen MR) is 232 cm³/mol. The van der Waals surface area contributed by atoms with Gasteiger partial charge in [0.1, 0.15) is 17.5 Å². The van der Waals surface area contributed by atoms with Gasteiger partial charge >= 0.3 is 5.92 Å². The van der Waals surface area contributed by atoms with Crippen LogP contribution < -0.4 is 35.4 Å². The van der Waals surface area contributed by atoms with Crippen molar-refractivity contribution in [3.05, 3.63) is 59.3 Å². The molecule has 1 aromatic heterocycles. The van der Waals surface area contributed by atoms with Crippen molar-refractivity contribution in [2.75, 3.05) is 86.5 Å². The Balaban J connectivity index is 0.794. The first-order chi connectivity index (χ1) is 30.6. The van der Waals surface area contributed by atoms with E-state index in [0.29, 0.717) is 74.4 Å². The fourth-order valence-electron chi connectivity index (χ4n) is 9.10. The van der Waals surface area contributed by atoms with Crippen LogP contribution in [0.15, 0.2) is 42.6 Å². The molecule has 18 nitrogen and oxygen atoms in total.